The number of aryl methyl sites for hydroxylation is 1. The number of rotatable bonds is 4. The van der Waals surface area contributed by atoms with Crippen LogP contribution in [-0.2, 0) is 18.6 Å². The van der Waals surface area contributed by atoms with Crippen molar-refractivity contribution in [3.05, 3.63) is 22.2 Å². The number of hydrogen-bond donors (Lipinski definition) is 0. The van der Waals surface area contributed by atoms with Crippen LogP contribution in [0.1, 0.15) is 56.6 Å². The summed E-state index contributed by atoms with van der Waals surface area (Å²) in [5.41, 5.74) is 2.40. The van der Waals surface area contributed by atoms with E-state index in [0.717, 1.165) is 24.4 Å². The number of hydrogen-bond acceptors (Lipinski definition) is 3. The zero-order valence-corrected chi connectivity index (χ0v) is 12.8. The van der Waals surface area contributed by atoms with E-state index in [9.17, 15) is 0 Å². The number of aromatic nitrogens is 2. The van der Waals surface area contributed by atoms with Gasteiger partial charge in [-0.15, -0.1) is 0 Å². The second-order valence-corrected chi connectivity index (χ2v) is 6.73. The van der Waals surface area contributed by atoms with Crippen molar-refractivity contribution in [3.63, 3.8) is 0 Å². The first-order chi connectivity index (χ1) is 8.70. The molecule has 0 spiro atoms. The maximum Gasteiger partial charge on any atom is 0.140 e. The molecule has 0 saturated carbocycles. The summed E-state index contributed by atoms with van der Waals surface area (Å²) in [6.07, 6.45) is 7.04. The van der Waals surface area contributed by atoms with Crippen molar-refractivity contribution < 1.29 is 0 Å². The lowest BCUT2D eigenvalue weighted by atomic mass is 10.1. The largest absolute Gasteiger partial charge is 0.237 e. The Morgan fingerprint density at radius 1 is 1.22 bits per heavy atom. The Kier molecular flexibility index (Phi) is 5.31. The molecule has 0 fully saturated rings. The highest BCUT2D eigenvalue weighted by molar-refractivity contribution is 7.99. The predicted molar refractivity (Wildman–Crippen MR) is 79.3 cm³/mol. The topological polar surface area (TPSA) is 25.8 Å². The number of fused-ring (bicyclic) bond motifs is 1. The minimum Gasteiger partial charge on any atom is -0.237 e. The van der Waals surface area contributed by atoms with E-state index in [1.54, 1.807) is 0 Å². The molecule has 2 nitrogen and oxygen atoms in total. The van der Waals surface area contributed by atoms with Crippen molar-refractivity contribution >= 4 is 23.4 Å². The van der Waals surface area contributed by atoms with Crippen LogP contribution in [0.3, 0.4) is 0 Å². The van der Waals surface area contributed by atoms with Crippen molar-refractivity contribution in [2.45, 2.75) is 63.4 Å². The minimum absolute atomic E-state index is 0.659. The van der Waals surface area contributed by atoms with Crippen LogP contribution in [0.15, 0.2) is 0 Å². The van der Waals surface area contributed by atoms with Gasteiger partial charge in [0.1, 0.15) is 11.0 Å². The van der Waals surface area contributed by atoms with Crippen LogP contribution in [0.2, 0.25) is 5.15 Å². The first-order valence-electron chi connectivity index (χ1n) is 6.86. The number of nitrogens with zero attached hydrogens (tertiary/aromatic N) is 2. The summed E-state index contributed by atoms with van der Waals surface area (Å²) < 4.78 is 0. The van der Waals surface area contributed by atoms with Gasteiger partial charge in [0.25, 0.3) is 0 Å². The maximum absolute atomic E-state index is 6.31. The molecule has 2 rings (SSSR count). The Morgan fingerprint density at radius 3 is 2.78 bits per heavy atom. The van der Waals surface area contributed by atoms with Gasteiger partial charge in [0.05, 0.1) is 5.75 Å². The van der Waals surface area contributed by atoms with E-state index in [0.29, 0.717) is 10.4 Å². The lowest BCUT2D eigenvalue weighted by Gasteiger charge is -2.11. The summed E-state index contributed by atoms with van der Waals surface area (Å²) in [7, 11) is 0. The molecule has 1 atom stereocenters. The zero-order chi connectivity index (χ0) is 13.0. The van der Waals surface area contributed by atoms with Gasteiger partial charge in [0.15, 0.2) is 0 Å². The molecule has 0 radical (unpaired) electrons. The molecule has 0 saturated heterocycles. The van der Waals surface area contributed by atoms with E-state index in [2.05, 4.69) is 18.8 Å². The third-order valence-electron chi connectivity index (χ3n) is 3.50. The van der Waals surface area contributed by atoms with Gasteiger partial charge in [-0.2, -0.15) is 11.8 Å². The molecule has 1 aliphatic carbocycles. The van der Waals surface area contributed by atoms with Crippen molar-refractivity contribution in [3.8, 4) is 0 Å². The molecule has 0 aromatic carbocycles. The molecule has 0 bridgehead atoms. The molecular weight excluding hydrogens is 264 g/mol. The van der Waals surface area contributed by atoms with Crippen LogP contribution in [0.5, 0.6) is 0 Å². The summed E-state index contributed by atoms with van der Waals surface area (Å²) in [4.78, 5) is 9.19. The summed E-state index contributed by atoms with van der Waals surface area (Å²) in [5.74, 6) is 1.79. The fraction of sp³-hybridized carbons (Fsp3) is 0.714. The summed E-state index contributed by atoms with van der Waals surface area (Å²) in [5, 5.41) is 1.35. The van der Waals surface area contributed by atoms with E-state index in [1.165, 1.54) is 36.9 Å². The van der Waals surface area contributed by atoms with E-state index in [4.69, 9.17) is 16.6 Å². The van der Waals surface area contributed by atoms with Crippen molar-refractivity contribution in [2.24, 2.45) is 0 Å². The van der Waals surface area contributed by atoms with Crippen molar-refractivity contribution in [1.82, 2.24) is 9.97 Å². The Hall–Kier alpha value is -0.280. The van der Waals surface area contributed by atoms with E-state index >= 15 is 0 Å². The molecule has 0 N–H and O–H groups in total. The number of thioether (sulfide) groups is 1. The normalized spacial score (nSPS) is 17.1. The van der Waals surface area contributed by atoms with Crippen molar-refractivity contribution in [2.75, 3.05) is 0 Å². The fourth-order valence-electron chi connectivity index (χ4n) is 2.17. The first-order valence-corrected chi connectivity index (χ1v) is 8.29. The average Bonchev–Trinajstić information content (AvgIpc) is 2.61. The van der Waals surface area contributed by atoms with Crippen LogP contribution in [0.4, 0.5) is 0 Å². The molecule has 1 unspecified atom stereocenters. The summed E-state index contributed by atoms with van der Waals surface area (Å²) in [6.45, 7) is 4.46. The van der Waals surface area contributed by atoms with Crippen LogP contribution in [0.25, 0.3) is 0 Å². The smallest absolute Gasteiger partial charge is 0.140 e. The summed E-state index contributed by atoms with van der Waals surface area (Å²) in [6, 6.07) is 0. The van der Waals surface area contributed by atoms with Crippen molar-refractivity contribution in [1.29, 1.82) is 0 Å². The molecule has 1 aromatic heterocycles. The van der Waals surface area contributed by atoms with Gasteiger partial charge in [0, 0.05) is 16.5 Å². The SMILES string of the molecule is CCC(C)SCc1nc(Cl)c2c(n1)CCCCC2. The van der Waals surface area contributed by atoms with Crippen LogP contribution >= 0.6 is 23.4 Å². The lowest BCUT2D eigenvalue weighted by molar-refractivity contribution is 0.708. The minimum atomic E-state index is 0.659. The van der Waals surface area contributed by atoms with Gasteiger partial charge in [-0.3, -0.25) is 0 Å². The second kappa shape index (κ2) is 6.76. The van der Waals surface area contributed by atoms with E-state index < -0.39 is 0 Å². The average molecular weight is 285 g/mol. The third-order valence-corrected chi connectivity index (χ3v) is 5.14. The molecule has 0 aliphatic heterocycles. The highest BCUT2D eigenvalue weighted by atomic mass is 35.5. The second-order valence-electron chi connectivity index (χ2n) is 4.95. The maximum atomic E-state index is 6.31. The molecular formula is C14H21ClN2S. The Bertz CT molecular complexity index is 409. The monoisotopic (exact) mass is 284 g/mol. The van der Waals surface area contributed by atoms with Crippen LogP contribution in [-0.4, -0.2) is 15.2 Å². The number of halogens is 1. The quantitative estimate of drug-likeness (QED) is 0.604. The molecule has 1 aliphatic rings. The highest BCUT2D eigenvalue weighted by Gasteiger charge is 2.15. The summed E-state index contributed by atoms with van der Waals surface area (Å²) >= 11 is 8.22. The van der Waals surface area contributed by atoms with Crippen LogP contribution < -0.4 is 0 Å². The predicted octanol–water partition coefficient (Wildman–Crippen LogP) is 4.43. The van der Waals surface area contributed by atoms with Gasteiger partial charge in [-0.05, 0) is 32.1 Å². The molecule has 1 aromatic rings. The zero-order valence-electron chi connectivity index (χ0n) is 11.2. The van der Waals surface area contributed by atoms with E-state index in [1.807, 2.05) is 11.8 Å². The lowest BCUT2D eigenvalue weighted by Crippen LogP contribution is -2.05. The fourth-order valence-corrected chi connectivity index (χ4v) is 3.27. The standard InChI is InChI=1S/C14H21ClN2S/c1-3-10(2)18-9-13-16-12-8-6-4-5-7-11(12)14(15)17-13/h10H,3-9H2,1-2H3. The Morgan fingerprint density at radius 2 is 2.00 bits per heavy atom. The molecule has 1 heterocycles. The van der Waals surface area contributed by atoms with Gasteiger partial charge in [-0.25, -0.2) is 9.97 Å². The van der Waals surface area contributed by atoms with Gasteiger partial charge >= 0.3 is 0 Å². The molecule has 4 heteroatoms. The Labute approximate surface area is 119 Å². The Balaban J connectivity index is 2.13. The molecule has 18 heavy (non-hydrogen) atoms. The third kappa shape index (κ3) is 3.61. The first kappa shape index (κ1) is 14.1. The molecule has 0 amide bonds. The van der Waals surface area contributed by atoms with Crippen LogP contribution in [0, 0.1) is 0 Å². The van der Waals surface area contributed by atoms with Gasteiger partial charge < -0.3 is 0 Å². The van der Waals surface area contributed by atoms with Gasteiger partial charge in [-0.1, -0.05) is 31.9 Å². The molecule has 100 valence electrons. The highest BCUT2D eigenvalue weighted by Crippen LogP contribution is 2.26. The van der Waals surface area contributed by atoms with Gasteiger partial charge in [0.2, 0.25) is 0 Å². The van der Waals surface area contributed by atoms with E-state index in [-0.39, 0.29) is 0 Å².